The average Bonchev–Trinajstić information content (AvgIpc) is 3.08. The minimum Gasteiger partial charge on any atom is -0.495 e. The molecule has 3 aromatic rings. The lowest BCUT2D eigenvalue weighted by molar-refractivity contribution is 0.281. The summed E-state index contributed by atoms with van der Waals surface area (Å²) in [6, 6.07) is 4.07. The number of nitrogens with one attached hydrogen (secondary N) is 1. The number of nitrogens with zero attached hydrogens (tertiary/aromatic N) is 3. The monoisotopic (exact) mass is 436 g/mol. The van der Waals surface area contributed by atoms with Gasteiger partial charge in [-0.15, -0.1) is 0 Å². The van der Waals surface area contributed by atoms with Gasteiger partial charge in [-0.05, 0) is 33.8 Å². The molecule has 3 aromatic heterocycles. The van der Waals surface area contributed by atoms with Gasteiger partial charge in [0.2, 0.25) is 5.95 Å². The first-order valence-electron chi connectivity index (χ1n) is 9.33. The fraction of sp³-hybridized carbons (Fsp3) is 0.400. The van der Waals surface area contributed by atoms with E-state index in [1.165, 1.54) is 31.6 Å². The number of aliphatic hydroxyl groups excluding tert-OH is 1. The Morgan fingerprint density at radius 1 is 1.30 bits per heavy atom. The molecule has 0 aliphatic heterocycles. The fourth-order valence-corrected chi connectivity index (χ4v) is 4.22. The summed E-state index contributed by atoms with van der Waals surface area (Å²) in [5.41, 5.74) is 1.39. The van der Waals surface area contributed by atoms with Crippen molar-refractivity contribution in [2.45, 2.75) is 43.4 Å². The summed E-state index contributed by atoms with van der Waals surface area (Å²) in [6.45, 7) is 6.42. The van der Waals surface area contributed by atoms with Crippen molar-refractivity contribution in [3.05, 3.63) is 36.5 Å². The van der Waals surface area contributed by atoms with E-state index in [0.717, 1.165) is 0 Å². The number of imidazole rings is 1. The van der Waals surface area contributed by atoms with Gasteiger partial charge in [0.05, 0.1) is 30.4 Å². The number of halogens is 1. The number of pyridine rings is 2. The van der Waals surface area contributed by atoms with Crippen LogP contribution < -0.4 is 10.1 Å². The zero-order valence-corrected chi connectivity index (χ0v) is 18.3. The van der Waals surface area contributed by atoms with Crippen LogP contribution in [0.3, 0.4) is 0 Å². The van der Waals surface area contributed by atoms with Gasteiger partial charge in [0.25, 0.3) is 0 Å². The van der Waals surface area contributed by atoms with Gasteiger partial charge < -0.3 is 15.2 Å². The number of ether oxygens (including phenoxy) is 1. The highest BCUT2D eigenvalue weighted by Crippen LogP contribution is 2.34. The SMILES string of the molecule is COc1cc2ncc(-c3cc(F)nc(N[C@H](C)CO)c3)n2cc1S(=O)(=O)C(C)(C)C. The van der Waals surface area contributed by atoms with E-state index in [1.807, 2.05) is 0 Å². The van der Waals surface area contributed by atoms with Gasteiger partial charge in [0.1, 0.15) is 22.1 Å². The lowest BCUT2D eigenvalue weighted by Gasteiger charge is -2.21. The van der Waals surface area contributed by atoms with Crippen LogP contribution in [-0.4, -0.2) is 52.4 Å². The third kappa shape index (κ3) is 3.97. The van der Waals surface area contributed by atoms with E-state index in [4.69, 9.17) is 4.74 Å². The van der Waals surface area contributed by atoms with Crippen LogP contribution in [-0.2, 0) is 9.84 Å². The molecule has 8 nitrogen and oxygen atoms in total. The van der Waals surface area contributed by atoms with Crippen LogP contribution in [0, 0.1) is 5.95 Å². The Bertz CT molecular complexity index is 1190. The second-order valence-corrected chi connectivity index (χ2v) is 10.7. The molecule has 0 spiro atoms. The summed E-state index contributed by atoms with van der Waals surface area (Å²) >= 11 is 0. The number of sulfone groups is 1. The molecular formula is C20H25FN4O4S. The third-order valence-electron chi connectivity index (χ3n) is 4.65. The van der Waals surface area contributed by atoms with Gasteiger partial charge in [-0.1, -0.05) is 0 Å². The summed E-state index contributed by atoms with van der Waals surface area (Å²) < 4.78 is 46.2. The van der Waals surface area contributed by atoms with Crippen LogP contribution in [0.2, 0.25) is 0 Å². The summed E-state index contributed by atoms with van der Waals surface area (Å²) in [6.07, 6.45) is 2.97. The Morgan fingerprint density at radius 2 is 2.00 bits per heavy atom. The van der Waals surface area contributed by atoms with Crippen LogP contribution in [0.1, 0.15) is 27.7 Å². The summed E-state index contributed by atoms with van der Waals surface area (Å²) in [4.78, 5) is 8.12. The third-order valence-corrected chi connectivity index (χ3v) is 7.15. The van der Waals surface area contributed by atoms with Gasteiger partial charge in [0, 0.05) is 29.9 Å². The molecule has 0 bridgehead atoms. The van der Waals surface area contributed by atoms with E-state index in [-0.39, 0.29) is 29.1 Å². The minimum atomic E-state index is -3.72. The highest BCUT2D eigenvalue weighted by Gasteiger charge is 2.34. The van der Waals surface area contributed by atoms with Crippen LogP contribution in [0.15, 0.2) is 35.5 Å². The molecule has 0 unspecified atom stereocenters. The number of hydrogen-bond acceptors (Lipinski definition) is 7. The Kier molecular flexibility index (Phi) is 5.74. The largest absolute Gasteiger partial charge is 0.495 e. The summed E-state index contributed by atoms with van der Waals surface area (Å²) in [5.74, 6) is -0.279. The van der Waals surface area contributed by atoms with Crippen molar-refractivity contribution in [2.75, 3.05) is 19.0 Å². The highest BCUT2D eigenvalue weighted by molar-refractivity contribution is 7.92. The lowest BCUT2D eigenvalue weighted by atomic mass is 10.2. The van der Waals surface area contributed by atoms with Crippen molar-refractivity contribution in [3.63, 3.8) is 0 Å². The Balaban J connectivity index is 2.21. The predicted molar refractivity (Wildman–Crippen MR) is 112 cm³/mol. The number of aliphatic hydroxyl groups is 1. The molecule has 1 atom stereocenters. The lowest BCUT2D eigenvalue weighted by Crippen LogP contribution is -2.28. The van der Waals surface area contributed by atoms with Crippen molar-refractivity contribution >= 4 is 21.3 Å². The van der Waals surface area contributed by atoms with E-state index in [1.54, 1.807) is 38.2 Å². The zero-order chi connectivity index (χ0) is 22.3. The number of hydrogen-bond donors (Lipinski definition) is 2. The maximum absolute atomic E-state index is 14.2. The molecule has 0 saturated carbocycles. The smallest absolute Gasteiger partial charge is 0.215 e. The summed E-state index contributed by atoms with van der Waals surface area (Å²) in [5, 5.41) is 12.1. The molecule has 0 fully saturated rings. The fourth-order valence-electron chi connectivity index (χ4n) is 2.91. The van der Waals surface area contributed by atoms with E-state index in [9.17, 15) is 17.9 Å². The second kappa shape index (κ2) is 7.84. The molecule has 0 aliphatic rings. The Morgan fingerprint density at radius 3 is 2.60 bits per heavy atom. The topological polar surface area (TPSA) is 106 Å². The van der Waals surface area contributed by atoms with Gasteiger partial charge in [-0.25, -0.2) is 18.4 Å². The van der Waals surface area contributed by atoms with Gasteiger partial charge in [0.15, 0.2) is 9.84 Å². The molecule has 0 aliphatic carbocycles. The van der Waals surface area contributed by atoms with Gasteiger partial charge in [-0.3, -0.25) is 4.40 Å². The van der Waals surface area contributed by atoms with Gasteiger partial charge in [-0.2, -0.15) is 4.39 Å². The maximum atomic E-state index is 14.2. The molecular weight excluding hydrogens is 411 g/mol. The molecule has 3 heterocycles. The first-order chi connectivity index (χ1) is 14.0. The minimum absolute atomic E-state index is 0.0195. The van der Waals surface area contributed by atoms with Crippen LogP contribution in [0.25, 0.3) is 16.9 Å². The van der Waals surface area contributed by atoms with Crippen molar-refractivity contribution in [3.8, 4) is 17.0 Å². The van der Waals surface area contributed by atoms with Crippen LogP contribution in [0.5, 0.6) is 5.75 Å². The van der Waals surface area contributed by atoms with E-state index >= 15 is 0 Å². The molecule has 0 amide bonds. The number of methoxy groups -OCH3 is 1. The Hall–Kier alpha value is -2.72. The summed E-state index contributed by atoms with van der Waals surface area (Å²) in [7, 11) is -2.32. The first-order valence-corrected chi connectivity index (χ1v) is 10.8. The number of rotatable bonds is 6. The normalized spacial score (nSPS) is 13.4. The first kappa shape index (κ1) is 22.0. The van der Waals surface area contributed by atoms with Crippen molar-refractivity contribution in [2.24, 2.45) is 0 Å². The molecule has 0 aromatic carbocycles. The van der Waals surface area contributed by atoms with Crippen molar-refractivity contribution in [1.82, 2.24) is 14.4 Å². The van der Waals surface area contributed by atoms with Crippen LogP contribution >= 0.6 is 0 Å². The van der Waals surface area contributed by atoms with E-state index in [2.05, 4.69) is 15.3 Å². The average molecular weight is 437 g/mol. The number of fused-ring (bicyclic) bond motifs is 1. The molecule has 3 rings (SSSR count). The predicted octanol–water partition coefficient (Wildman–Crippen LogP) is 2.91. The molecule has 30 heavy (non-hydrogen) atoms. The quantitative estimate of drug-likeness (QED) is 0.572. The molecule has 0 saturated heterocycles. The van der Waals surface area contributed by atoms with Crippen molar-refractivity contribution in [1.29, 1.82) is 0 Å². The highest BCUT2D eigenvalue weighted by atomic mass is 32.2. The number of anilines is 1. The van der Waals surface area contributed by atoms with Crippen molar-refractivity contribution < 1.29 is 22.7 Å². The number of aromatic nitrogens is 3. The molecule has 2 N–H and O–H groups in total. The maximum Gasteiger partial charge on any atom is 0.215 e. The second-order valence-electron chi connectivity index (χ2n) is 7.99. The van der Waals surface area contributed by atoms with E-state index in [0.29, 0.717) is 16.9 Å². The Labute approximate surface area is 174 Å². The molecule has 162 valence electrons. The molecule has 0 radical (unpaired) electrons. The zero-order valence-electron chi connectivity index (χ0n) is 17.5. The van der Waals surface area contributed by atoms with Gasteiger partial charge >= 0.3 is 0 Å². The van der Waals surface area contributed by atoms with E-state index < -0.39 is 20.5 Å². The molecule has 10 heteroatoms. The standard InChI is InChI=1S/C20H25FN4O4S/c1-12(11-26)23-18-7-13(6-17(21)24-18)14-9-22-19-8-15(29-5)16(10-25(14)19)30(27,28)20(2,3)4/h6-10,12,26H,11H2,1-5H3,(H,23,24)/t12-/m1/s1. The van der Waals surface area contributed by atoms with Crippen LogP contribution in [0.4, 0.5) is 10.2 Å².